The van der Waals surface area contributed by atoms with Crippen molar-refractivity contribution in [2.45, 2.75) is 0 Å². The molecule has 0 amide bonds. The van der Waals surface area contributed by atoms with Crippen molar-refractivity contribution in [2.24, 2.45) is 0 Å². The number of rotatable bonds is 1. The molecule has 0 atom stereocenters. The Kier molecular flexibility index (Phi) is 2.17. The van der Waals surface area contributed by atoms with Crippen molar-refractivity contribution in [3.63, 3.8) is 0 Å². The average Bonchev–Trinajstić information content (AvgIpc) is 2.55. The Bertz CT molecular complexity index is 1080. The van der Waals surface area contributed by atoms with Gasteiger partial charge in [0, 0.05) is 17.7 Å². The van der Waals surface area contributed by atoms with E-state index >= 15 is 0 Å². The lowest BCUT2D eigenvalue weighted by molar-refractivity contribution is 0.403. The van der Waals surface area contributed by atoms with Crippen molar-refractivity contribution in [1.29, 1.82) is 0 Å². The maximum atomic E-state index is 12.3. The fraction of sp³-hybridized carbons (Fsp3) is 0. The van der Waals surface area contributed by atoms with E-state index in [0.29, 0.717) is 0 Å². The van der Waals surface area contributed by atoms with Crippen molar-refractivity contribution < 1.29 is 34.1 Å². The quantitative estimate of drug-likeness (QED) is 0.434. The highest BCUT2D eigenvalue weighted by atomic mass is 16.4. The van der Waals surface area contributed by atoms with E-state index in [1.807, 2.05) is 0 Å². The lowest BCUT2D eigenvalue weighted by Crippen LogP contribution is -2.02. The first kappa shape index (κ1) is 10.4. The van der Waals surface area contributed by atoms with Crippen LogP contribution in [0.5, 0.6) is 28.7 Å². The van der Waals surface area contributed by atoms with Gasteiger partial charge in [0.1, 0.15) is 22.5 Å². The van der Waals surface area contributed by atoms with Crippen molar-refractivity contribution in [3.05, 3.63) is 40.5 Å². The van der Waals surface area contributed by atoms with Crippen molar-refractivity contribution in [3.8, 4) is 40.1 Å². The van der Waals surface area contributed by atoms with Crippen LogP contribution in [-0.4, -0.2) is 25.5 Å². The van der Waals surface area contributed by atoms with Crippen molar-refractivity contribution >= 4 is 11.0 Å². The maximum Gasteiger partial charge on any atom is 0.238 e. The zero-order valence-corrected chi connectivity index (χ0v) is 10.7. The molecule has 0 saturated carbocycles. The summed E-state index contributed by atoms with van der Waals surface area (Å²) in [5.41, 5.74) is -2.07. The highest BCUT2D eigenvalue weighted by Gasteiger charge is 2.19. The fourth-order valence-corrected chi connectivity index (χ4v) is 1.95. The third kappa shape index (κ3) is 1.96. The molecule has 3 aromatic rings. The van der Waals surface area contributed by atoms with E-state index in [9.17, 15) is 30.3 Å². The first-order valence-electron chi connectivity index (χ1n) is 7.39. The lowest BCUT2D eigenvalue weighted by Gasteiger charge is -2.08. The van der Waals surface area contributed by atoms with Gasteiger partial charge in [-0.05, 0) is 18.1 Å². The molecule has 0 spiro atoms. The second-order valence-corrected chi connectivity index (χ2v) is 4.39. The Labute approximate surface area is 126 Å². The Morgan fingerprint density at radius 2 is 1.68 bits per heavy atom. The first-order chi connectivity index (χ1) is 11.6. The van der Waals surface area contributed by atoms with Crippen LogP contribution in [0.2, 0.25) is 0 Å². The molecule has 22 heavy (non-hydrogen) atoms. The average molecular weight is 305 g/mol. The number of phenols is 4. The summed E-state index contributed by atoms with van der Waals surface area (Å²) in [6.07, 6.45) is 0. The van der Waals surface area contributed by atoms with Crippen molar-refractivity contribution in [2.75, 3.05) is 0 Å². The molecular weight excluding hydrogens is 292 g/mol. The van der Waals surface area contributed by atoms with Gasteiger partial charge in [-0.3, -0.25) is 4.79 Å². The minimum atomic E-state index is -1.10. The molecule has 1 aromatic heterocycles. The number of benzene rings is 2. The van der Waals surface area contributed by atoms with Crippen molar-refractivity contribution in [1.82, 2.24) is 0 Å². The summed E-state index contributed by atoms with van der Waals surface area (Å²) in [4.78, 5) is 12.3. The highest BCUT2D eigenvalue weighted by molar-refractivity contribution is 5.88. The maximum absolute atomic E-state index is 12.3. The predicted molar refractivity (Wildman–Crippen MR) is 76.2 cm³/mol. The minimum Gasteiger partial charge on any atom is -0.508 e. The van der Waals surface area contributed by atoms with Gasteiger partial charge in [0.15, 0.2) is 17.3 Å². The van der Waals surface area contributed by atoms with Crippen LogP contribution in [0.15, 0.2) is 39.5 Å². The molecule has 0 bridgehead atoms. The van der Waals surface area contributed by atoms with Gasteiger partial charge in [0.05, 0.1) is 4.11 Å². The third-order valence-electron chi connectivity index (χ3n) is 2.94. The second kappa shape index (κ2) is 4.59. The summed E-state index contributed by atoms with van der Waals surface area (Å²) in [7, 11) is 0. The summed E-state index contributed by atoms with van der Waals surface area (Å²) in [6, 6.07) is -0.639. The van der Waals surface area contributed by atoms with E-state index < -0.39 is 69.0 Å². The molecule has 0 aliphatic heterocycles. The molecule has 7 heteroatoms. The number of fused-ring (bicyclic) bond motifs is 1. The number of aromatic hydroxyl groups is 5. The van der Waals surface area contributed by atoms with E-state index in [1.165, 1.54) is 0 Å². The molecule has 0 aliphatic carbocycles. The van der Waals surface area contributed by atoms with E-state index in [-0.39, 0.29) is 5.58 Å². The van der Waals surface area contributed by atoms with Crippen LogP contribution in [0, 0.1) is 0 Å². The van der Waals surface area contributed by atoms with E-state index in [0.717, 1.165) is 12.1 Å². The summed E-state index contributed by atoms with van der Waals surface area (Å²) >= 11 is 0. The normalized spacial score (nSPS) is 12.8. The van der Waals surface area contributed by atoms with Gasteiger partial charge in [-0.2, -0.15) is 0 Å². The monoisotopic (exact) mass is 305 g/mol. The molecule has 0 radical (unpaired) electrons. The Balaban J connectivity index is 2.51. The molecule has 0 saturated heterocycles. The zero-order valence-electron chi connectivity index (χ0n) is 13.7. The molecular formula is C15H10O7. The second-order valence-electron chi connectivity index (χ2n) is 4.39. The van der Waals surface area contributed by atoms with E-state index in [4.69, 9.17) is 8.53 Å². The molecule has 7 nitrogen and oxygen atoms in total. The molecule has 0 unspecified atom stereocenters. The van der Waals surface area contributed by atoms with Crippen LogP contribution in [0.4, 0.5) is 0 Å². The van der Waals surface area contributed by atoms with Gasteiger partial charge >= 0.3 is 0 Å². The largest absolute Gasteiger partial charge is 0.508 e. The predicted octanol–water partition coefficient (Wildman–Crippen LogP) is 1.99. The van der Waals surface area contributed by atoms with Gasteiger partial charge in [0.25, 0.3) is 0 Å². The number of hydrogen-bond donors (Lipinski definition) is 5. The number of hydrogen-bond acceptors (Lipinski definition) is 7. The Morgan fingerprint density at radius 1 is 0.955 bits per heavy atom. The highest BCUT2D eigenvalue weighted by Crippen LogP contribution is 2.37. The van der Waals surface area contributed by atoms with E-state index in [2.05, 4.69) is 0 Å². The van der Waals surface area contributed by atoms with Crippen LogP contribution >= 0.6 is 0 Å². The summed E-state index contributed by atoms with van der Waals surface area (Å²) in [6.45, 7) is 0. The summed E-state index contributed by atoms with van der Waals surface area (Å²) in [5.74, 6) is -4.93. The topological polar surface area (TPSA) is 131 Å². The van der Waals surface area contributed by atoms with Crippen LogP contribution in [-0.2, 0) is 0 Å². The van der Waals surface area contributed by atoms with Crippen LogP contribution in [0.25, 0.3) is 22.3 Å². The number of phenolic OH excluding ortho intramolecular Hbond substituents is 4. The smallest absolute Gasteiger partial charge is 0.238 e. The Morgan fingerprint density at radius 3 is 2.41 bits per heavy atom. The van der Waals surface area contributed by atoms with E-state index in [1.54, 1.807) is 0 Å². The standard InChI is InChI=1S/C15H10O7/c16-7-4-10(19)12-11(5-7)22-15(14(21)13(12)20)6-1-2-8(17)9(18)3-6/h1-5,16-19,21H/i1D,2D,3D. The van der Waals surface area contributed by atoms with Crippen LogP contribution in [0.1, 0.15) is 4.11 Å². The van der Waals surface area contributed by atoms with Gasteiger partial charge in [0.2, 0.25) is 11.2 Å². The molecule has 112 valence electrons. The lowest BCUT2D eigenvalue weighted by atomic mass is 10.1. The first-order valence-corrected chi connectivity index (χ1v) is 5.89. The van der Waals surface area contributed by atoms with Crippen LogP contribution < -0.4 is 5.43 Å². The molecule has 5 N–H and O–H groups in total. The molecule has 1 heterocycles. The van der Waals surface area contributed by atoms with Gasteiger partial charge < -0.3 is 29.9 Å². The van der Waals surface area contributed by atoms with Crippen LogP contribution in [0.3, 0.4) is 0 Å². The molecule has 0 fully saturated rings. The van der Waals surface area contributed by atoms with Gasteiger partial charge in [-0.1, -0.05) is 0 Å². The third-order valence-corrected chi connectivity index (χ3v) is 2.94. The Hall–Kier alpha value is -3.35. The SMILES string of the molecule is [2H]c1c([2H])c(-c2oc3cc(O)cc(O)c3c(=O)c2O)c([2H])c(O)c1O. The molecule has 0 aliphatic rings. The minimum absolute atomic E-state index is 0.354. The van der Waals surface area contributed by atoms with Gasteiger partial charge in [-0.15, -0.1) is 0 Å². The fourth-order valence-electron chi connectivity index (χ4n) is 1.95. The zero-order chi connectivity index (χ0) is 18.6. The summed E-state index contributed by atoms with van der Waals surface area (Å²) < 4.78 is 28.4. The molecule has 3 rings (SSSR count). The molecule has 2 aromatic carbocycles. The van der Waals surface area contributed by atoms with Gasteiger partial charge in [-0.25, -0.2) is 0 Å². The summed E-state index contributed by atoms with van der Waals surface area (Å²) in [5, 5.41) is 48.1.